The lowest BCUT2D eigenvalue weighted by atomic mass is 9.84. The second-order valence-corrected chi connectivity index (χ2v) is 6.06. The lowest BCUT2D eigenvalue weighted by Gasteiger charge is -2.27. The zero-order valence-corrected chi connectivity index (χ0v) is 11.5. The molecular weight excluding hydrogens is 243 g/mol. The van der Waals surface area contributed by atoms with Crippen molar-refractivity contribution < 1.29 is 9.18 Å². The van der Waals surface area contributed by atoms with Gasteiger partial charge in [-0.25, -0.2) is 4.39 Å². The summed E-state index contributed by atoms with van der Waals surface area (Å²) in [6.07, 6.45) is 1.76. The fraction of sp³-hybridized carbons (Fsp3) is 0.533. The summed E-state index contributed by atoms with van der Waals surface area (Å²) in [5.41, 5.74) is 6.09. The molecule has 0 radical (unpaired) electrons. The van der Waals surface area contributed by atoms with Crippen LogP contribution in [0, 0.1) is 11.2 Å². The van der Waals surface area contributed by atoms with Crippen molar-refractivity contribution in [2.75, 3.05) is 13.1 Å². The van der Waals surface area contributed by atoms with Crippen molar-refractivity contribution in [2.24, 2.45) is 11.1 Å². The molecule has 1 aromatic carbocycles. The summed E-state index contributed by atoms with van der Waals surface area (Å²) in [5, 5.41) is 2.98. The van der Waals surface area contributed by atoms with E-state index in [9.17, 15) is 9.18 Å². The molecule has 104 valence electrons. The molecule has 19 heavy (non-hydrogen) atoms. The van der Waals surface area contributed by atoms with Gasteiger partial charge in [-0.15, -0.1) is 0 Å². The first-order chi connectivity index (χ1) is 8.89. The SMILES string of the molecule is CC(C)(CNC(=O)C1(CN)CC1)c1ccc(F)cc1. The van der Waals surface area contributed by atoms with Gasteiger partial charge in [0.25, 0.3) is 0 Å². The first kappa shape index (κ1) is 14.0. The highest BCUT2D eigenvalue weighted by molar-refractivity contribution is 5.85. The van der Waals surface area contributed by atoms with Crippen LogP contribution in [0.5, 0.6) is 0 Å². The summed E-state index contributed by atoms with van der Waals surface area (Å²) in [4.78, 5) is 12.0. The molecule has 1 aliphatic rings. The van der Waals surface area contributed by atoms with E-state index in [0.717, 1.165) is 18.4 Å². The van der Waals surface area contributed by atoms with Gasteiger partial charge in [0.15, 0.2) is 0 Å². The topological polar surface area (TPSA) is 55.1 Å². The largest absolute Gasteiger partial charge is 0.355 e. The Balaban J connectivity index is 1.98. The summed E-state index contributed by atoms with van der Waals surface area (Å²) in [6.45, 7) is 5.00. The molecule has 1 amide bonds. The number of amides is 1. The van der Waals surface area contributed by atoms with Crippen LogP contribution in [0.15, 0.2) is 24.3 Å². The number of nitrogens with one attached hydrogen (secondary N) is 1. The van der Waals surface area contributed by atoms with Crippen LogP contribution >= 0.6 is 0 Å². The van der Waals surface area contributed by atoms with E-state index in [1.807, 2.05) is 13.8 Å². The molecule has 3 N–H and O–H groups in total. The van der Waals surface area contributed by atoms with Crippen LogP contribution in [0.4, 0.5) is 4.39 Å². The molecule has 0 heterocycles. The maximum Gasteiger partial charge on any atom is 0.227 e. The molecule has 0 spiro atoms. The van der Waals surface area contributed by atoms with Crippen LogP contribution in [-0.4, -0.2) is 19.0 Å². The summed E-state index contributed by atoms with van der Waals surface area (Å²) in [7, 11) is 0. The molecule has 1 saturated carbocycles. The molecule has 1 aliphatic carbocycles. The minimum Gasteiger partial charge on any atom is -0.355 e. The van der Waals surface area contributed by atoms with Crippen molar-refractivity contribution in [2.45, 2.75) is 32.1 Å². The normalized spacial score (nSPS) is 17.1. The third kappa shape index (κ3) is 2.95. The molecule has 1 fully saturated rings. The van der Waals surface area contributed by atoms with Gasteiger partial charge < -0.3 is 11.1 Å². The molecule has 0 bridgehead atoms. The van der Waals surface area contributed by atoms with Crippen molar-refractivity contribution in [3.05, 3.63) is 35.6 Å². The minimum absolute atomic E-state index is 0.0465. The molecule has 0 unspecified atom stereocenters. The van der Waals surface area contributed by atoms with Crippen LogP contribution in [0.1, 0.15) is 32.3 Å². The van der Waals surface area contributed by atoms with Gasteiger partial charge in [-0.2, -0.15) is 0 Å². The Bertz CT molecular complexity index is 464. The molecule has 0 atom stereocenters. The van der Waals surface area contributed by atoms with Gasteiger partial charge in [0.05, 0.1) is 5.41 Å². The van der Waals surface area contributed by atoms with Gasteiger partial charge >= 0.3 is 0 Å². The van der Waals surface area contributed by atoms with Gasteiger partial charge in [-0.3, -0.25) is 4.79 Å². The number of rotatable bonds is 5. The average Bonchev–Trinajstić information content (AvgIpc) is 3.17. The van der Waals surface area contributed by atoms with Crippen molar-refractivity contribution in [3.63, 3.8) is 0 Å². The van der Waals surface area contributed by atoms with Gasteiger partial charge in [0.1, 0.15) is 5.82 Å². The van der Waals surface area contributed by atoms with Crippen molar-refractivity contribution in [1.82, 2.24) is 5.32 Å². The number of carbonyl (C=O) groups excluding carboxylic acids is 1. The van der Waals surface area contributed by atoms with E-state index >= 15 is 0 Å². The molecule has 0 aliphatic heterocycles. The Labute approximate surface area is 113 Å². The zero-order chi connectivity index (χ0) is 14.1. The molecule has 2 rings (SSSR count). The predicted octanol–water partition coefficient (Wildman–Crippen LogP) is 1.96. The van der Waals surface area contributed by atoms with E-state index in [4.69, 9.17) is 5.73 Å². The van der Waals surface area contributed by atoms with E-state index in [1.54, 1.807) is 12.1 Å². The zero-order valence-electron chi connectivity index (χ0n) is 11.5. The number of hydrogen-bond donors (Lipinski definition) is 2. The summed E-state index contributed by atoms with van der Waals surface area (Å²) < 4.78 is 12.9. The Hall–Kier alpha value is -1.42. The molecule has 0 saturated heterocycles. The van der Waals surface area contributed by atoms with Gasteiger partial charge in [-0.05, 0) is 30.5 Å². The number of halogens is 1. The second-order valence-electron chi connectivity index (χ2n) is 6.06. The van der Waals surface area contributed by atoms with Crippen LogP contribution in [0.2, 0.25) is 0 Å². The second kappa shape index (κ2) is 4.93. The van der Waals surface area contributed by atoms with Crippen molar-refractivity contribution >= 4 is 5.91 Å². The first-order valence-corrected chi connectivity index (χ1v) is 6.64. The molecular formula is C15H21FN2O. The van der Waals surface area contributed by atoms with E-state index in [1.165, 1.54) is 12.1 Å². The summed E-state index contributed by atoms with van der Waals surface area (Å²) >= 11 is 0. The Kier molecular flexibility index (Phi) is 3.63. The fourth-order valence-electron chi connectivity index (χ4n) is 2.17. The number of benzene rings is 1. The van der Waals surface area contributed by atoms with E-state index < -0.39 is 0 Å². The van der Waals surface area contributed by atoms with Gasteiger partial charge in [-0.1, -0.05) is 26.0 Å². The maximum absolute atomic E-state index is 12.9. The third-order valence-corrected chi connectivity index (χ3v) is 4.04. The first-order valence-electron chi connectivity index (χ1n) is 6.64. The smallest absolute Gasteiger partial charge is 0.227 e. The minimum atomic E-state index is -0.321. The van der Waals surface area contributed by atoms with Crippen LogP contribution in [0.25, 0.3) is 0 Å². The van der Waals surface area contributed by atoms with Gasteiger partial charge in [0.2, 0.25) is 5.91 Å². The Morgan fingerprint density at radius 2 is 1.95 bits per heavy atom. The van der Waals surface area contributed by atoms with E-state index in [0.29, 0.717) is 13.1 Å². The number of hydrogen-bond acceptors (Lipinski definition) is 2. The highest BCUT2D eigenvalue weighted by Gasteiger charge is 2.48. The lowest BCUT2D eigenvalue weighted by Crippen LogP contribution is -2.42. The van der Waals surface area contributed by atoms with Gasteiger partial charge in [0, 0.05) is 18.5 Å². The quantitative estimate of drug-likeness (QED) is 0.854. The molecule has 0 aromatic heterocycles. The summed E-state index contributed by atoms with van der Waals surface area (Å²) in [5.74, 6) is -0.200. The number of nitrogens with two attached hydrogens (primary N) is 1. The summed E-state index contributed by atoms with van der Waals surface area (Å²) in [6, 6.07) is 6.41. The predicted molar refractivity (Wildman–Crippen MR) is 73.2 cm³/mol. The maximum atomic E-state index is 12.9. The monoisotopic (exact) mass is 264 g/mol. The number of carbonyl (C=O) groups is 1. The standard InChI is InChI=1S/C15H21FN2O/c1-14(2,11-3-5-12(16)6-4-11)10-18-13(19)15(9-17)7-8-15/h3-6H,7-10,17H2,1-2H3,(H,18,19). The third-order valence-electron chi connectivity index (χ3n) is 4.04. The molecule has 1 aromatic rings. The Morgan fingerprint density at radius 1 is 1.37 bits per heavy atom. The lowest BCUT2D eigenvalue weighted by molar-refractivity contribution is -0.126. The average molecular weight is 264 g/mol. The Morgan fingerprint density at radius 3 is 2.42 bits per heavy atom. The van der Waals surface area contributed by atoms with Crippen molar-refractivity contribution in [1.29, 1.82) is 0 Å². The molecule has 4 heteroatoms. The fourth-order valence-corrected chi connectivity index (χ4v) is 2.17. The molecule has 3 nitrogen and oxygen atoms in total. The van der Waals surface area contributed by atoms with Crippen LogP contribution in [0.3, 0.4) is 0 Å². The van der Waals surface area contributed by atoms with E-state index in [2.05, 4.69) is 5.32 Å². The van der Waals surface area contributed by atoms with E-state index in [-0.39, 0.29) is 22.6 Å². The van der Waals surface area contributed by atoms with Crippen LogP contribution in [-0.2, 0) is 10.2 Å². The van der Waals surface area contributed by atoms with Crippen molar-refractivity contribution in [3.8, 4) is 0 Å². The highest BCUT2D eigenvalue weighted by Crippen LogP contribution is 2.44. The highest BCUT2D eigenvalue weighted by atomic mass is 19.1. The van der Waals surface area contributed by atoms with Crippen LogP contribution < -0.4 is 11.1 Å².